The number of likely N-dealkylation sites (N-methyl/N-ethyl adjacent to an activating group) is 1. The quantitative estimate of drug-likeness (QED) is 0.234. The number of hydrogen-bond donors (Lipinski definition) is 1. The SMILES string of the molecule is COC(=O)OC(C)O/N=[N+](\[O-])N(C)[C@@H](CC(C)C)C(=O)O. The Labute approximate surface area is 122 Å². The van der Waals surface area contributed by atoms with Gasteiger partial charge in [-0.15, -0.1) is 5.01 Å². The van der Waals surface area contributed by atoms with E-state index in [4.69, 9.17) is 5.11 Å². The molecule has 0 aromatic heterocycles. The van der Waals surface area contributed by atoms with Gasteiger partial charge in [0.25, 0.3) is 6.29 Å². The number of carbonyl (C=O) groups excluding carboxylic acids is 1. The molecular formula is C11H21N3O7. The summed E-state index contributed by atoms with van der Waals surface area (Å²) in [7, 11) is 2.39. The minimum absolute atomic E-state index is 0.0156. The second-order valence-corrected chi connectivity index (χ2v) is 4.64. The third kappa shape index (κ3) is 7.18. The number of ether oxygens (including phenoxy) is 2. The Kier molecular flexibility index (Phi) is 7.87. The van der Waals surface area contributed by atoms with Crippen molar-refractivity contribution in [1.29, 1.82) is 0 Å². The fourth-order valence-corrected chi connectivity index (χ4v) is 1.35. The highest BCUT2D eigenvalue weighted by atomic mass is 16.8. The van der Waals surface area contributed by atoms with E-state index in [-0.39, 0.29) is 17.3 Å². The number of carboxylic acid groups (broad SMARTS) is 1. The van der Waals surface area contributed by atoms with E-state index in [1.807, 2.05) is 13.8 Å². The minimum atomic E-state index is -1.16. The second-order valence-electron chi connectivity index (χ2n) is 4.64. The topological polar surface area (TPSA) is 124 Å². The van der Waals surface area contributed by atoms with Crippen LogP contribution in [0.5, 0.6) is 0 Å². The third-order valence-corrected chi connectivity index (χ3v) is 2.39. The van der Waals surface area contributed by atoms with E-state index in [9.17, 15) is 14.8 Å². The first-order valence-electron chi connectivity index (χ1n) is 6.23. The summed E-state index contributed by atoms with van der Waals surface area (Å²) in [6.07, 6.45) is -1.89. The maximum absolute atomic E-state index is 11.6. The first kappa shape index (κ1) is 18.7. The third-order valence-electron chi connectivity index (χ3n) is 2.39. The summed E-state index contributed by atoms with van der Waals surface area (Å²) in [5.41, 5.74) is 0. The Balaban J connectivity index is 4.65. The van der Waals surface area contributed by atoms with Crippen LogP contribution in [-0.4, -0.2) is 53.7 Å². The molecule has 122 valence electrons. The molecule has 21 heavy (non-hydrogen) atoms. The summed E-state index contributed by atoms with van der Waals surface area (Å²) in [5, 5.41) is 24.7. The predicted molar refractivity (Wildman–Crippen MR) is 68.7 cm³/mol. The molecule has 10 heteroatoms. The molecule has 1 N–H and O–H groups in total. The summed E-state index contributed by atoms with van der Waals surface area (Å²) in [6.45, 7) is 4.98. The van der Waals surface area contributed by atoms with Crippen molar-refractivity contribution in [2.45, 2.75) is 39.5 Å². The first-order chi connectivity index (χ1) is 9.68. The largest absolute Gasteiger partial charge is 0.569 e. The van der Waals surface area contributed by atoms with Gasteiger partial charge in [0.05, 0.1) is 19.1 Å². The van der Waals surface area contributed by atoms with Crippen LogP contribution < -0.4 is 0 Å². The van der Waals surface area contributed by atoms with Crippen LogP contribution in [0.2, 0.25) is 0 Å². The van der Waals surface area contributed by atoms with Gasteiger partial charge in [0.2, 0.25) is 5.28 Å². The number of hydrazine groups is 1. The number of aliphatic carboxylic acids is 1. The summed E-state index contributed by atoms with van der Waals surface area (Å²) < 4.78 is 8.75. The van der Waals surface area contributed by atoms with Crippen LogP contribution in [0.4, 0.5) is 4.79 Å². The Morgan fingerprint density at radius 1 is 1.38 bits per heavy atom. The van der Waals surface area contributed by atoms with Crippen molar-refractivity contribution in [2.24, 2.45) is 11.2 Å². The fourth-order valence-electron chi connectivity index (χ4n) is 1.35. The van der Waals surface area contributed by atoms with Crippen molar-refractivity contribution in [3.8, 4) is 0 Å². The van der Waals surface area contributed by atoms with Gasteiger partial charge in [-0.3, -0.25) is 4.84 Å². The van der Waals surface area contributed by atoms with Crippen LogP contribution in [0.15, 0.2) is 5.28 Å². The Morgan fingerprint density at radius 2 is 1.95 bits per heavy atom. The van der Waals surface area contributed by atoms with E-state index in [0.29, 0.717) is 0 Å². The normalized spacial score (nSPS) is 14.3. The highest BCUT2D eigenvalue weighted by molar-refractivity contribution is 5.73. The first-order valence-corrected chi connectivity index (χ1v) is 6.23. The molecule has 0 saturated heterocycles. The molecular weight excluding hydrogens is 286 g/mol. The lowest BCUT2D eigenvalue weighted by atomic mass is 10.0. The molecule has 0 bridgehead atoms. The van der Waals surface area contributed by atoms with Crippen molar-refractivity contribution in [3.05, 3.63) is 5.21 Å². The summed E-state index contributed by atoms with van der Waals surface area (Å²) >= 11 is 0. The molecule has 0 aromatic carbocycles. The van der Waals surface area contributed by atoms with Gasteiger partial charge in [-0.2, -0.15) is 0 Å². The van der Waals surface area contributed by atoms with Gasteiger partial charge >= 0.3 is 12.1 Å². The maximum Gasteiger partial charge on any atom is 0.511 e. The number of nitrogens with zero attached hydrogens (tertiary/aromatic N) is 3. The molecule has 0 amide bonds. The van der Waals surface area contributed by atoms with Gasteiger partial charge in [0, 0.05) is 6.92 Å². The van der Waals surface area contributed by atoms with Crippen LogP contribution in [0.3, 0.4) is 0 Å². The van der Waals surface area contributed by atoms with Gasteiger partial charge in [0.15, 0.2) is 6.04 Å². The smallest absolute Gasteiger partial charge is 0.511 e. The molecule has 0 aliphatic heterocycles. The molecule has 0 rings (SSSR count). The van der Waals surface area contributed by atoms with E-state index < -0.39 is 24.5 Å². The van der Waals surface area contributed by atoms with Crippen molar-refractivity contribution in [1.82, 2.24) is 5.01 Å². The highest BCUT2D eigenvalue weighted by Gasteiger charge is 2.29. The van der Waals surface area contributed by atoms with E-state index >= 15 is 0 Å². The second kappa shape index (κ2) is 8.82. The van der Waals surface area contributed by atoms with Crippen LogP contribution >= 0.6 is 0 Å². The molecule has 2 atom stereocenters. The van der Waals surface area contributed by atoms with Crippen molar-refractivity contribution < 1.29 is 34.0 Å². The minimum Gasteiger partial charge on any atom is -0.569 e. The summed E-state index contributed by atoms with van der Waals surface area (Å²) in [6, 6.07) is -1.05. The van der Waals surface area contributed by atoms with Crippen LogP contribution in [0.1, 0.15) is 27.2 Å². The van der Waals surface area contributed by atoms with Crippen LogP contribution in [-0.2, 0) is 19.1 Å². The Hall–Kier alpha value is -2.26. The van der Waals surface area contributed by atoms with Crippen molar-refractivity contribution in [2.75, 3.05) is 14.2 Å². The van der Waals surface area contributed by atoms with Gasteiger partial charge < -0.3 is 19.8 Å². The molecule has 0 aliphatic rings. The molecule has 0 saturated carbocycles. The lowest BCUT2D eigenvalue weighted by molar-refractivity contribution is -0.712. The zero-order valence-electron chi connectivity index (χ0n) is 12.7. The number of hydrogen-bond acceptors (Lipinski definition) is 7. The zero-order chi connectivity index (χ0) is 16.6. The molecule has 0 spiro atoms. The molecule has 0 aliphatic carbocycles. The molecule has 10 nitrogen and oxygen atoms in total. The lowest BCUT2D eigenvalue weighted by Crippen LogP contribution is -2.43. The summed E-state index contributed by atoms with van der Waals surface area (Å²) in [5.74, 6) is -1.08. The number of carbonyl (C=O) groups is 2. The predicted octanol–water partition coefficient (Wildman–Crippen LogP) is 1.36. The molecule has 1 unspecified atom stereocenters. The van der Waals surface area contributed by atoms with Crippen LogP contribution in [0, 0.1) is 11.1 Å². The average Bonchev–Trinajstić information content (AvgIpc) is 2.40. The van der Waals surface area contributed by atoms with E-state index in [0.717, 1.165) is 12.1 Å². The molecule has 0 heterocycles. The van der Waals surface area contributed by atoms with Gasteiger partial charge in [-0.05, 0) is 12.3 Å². The number of methoxy groups -OCH3 is 1. The standard InChI is InChI=1S/C11H21N3O7/c1-7(2)6-9(10(15)16)13(4)14(18)12-21-8(3)20-11(17)19-5/h7-9H,6H2,1-5H3,(H,15,16)/b14-12-/t8?,9-/m0/s1. The average molecular weight is 307 g/mol. The summed E-state index contributed by atoms with van der Waals surface area (Å²) in [4.78, 5) is 26.5. The maximum atomic E-state index is 11.6. The number of rotatable bonds is 8. The Morgan fingerprint density at radius 3 is 2.38 bits per heavy atom. The Bertz CT molecular complexity index is 386. The van der Waals surface area contributed by atoms with E-state index in [2.05, 4.69) is 19.6 Å². The van der Waals surface area contributed by atoms with Gasteiger partial charge in [-0.25, -0.2) is 9.59 Å². The fraction of sp³-hybridized carbons (Fsp3) is 0.818. The monoisotopic (exact) mass is 307 g/mol. The molecule has 0 fully saturated rings. The lowest BCUT2D eigenvalue weighted by Gasteiger charge is -2.21. The van der Waals surface area contributed by atoms with Gasteiger partial charge in [0.1, 0.15) is 0 Å². The van der Waals surface area contributed by atoms with E-state index in [1.165, 1.54) is 14.0 Å². The zero-order valence-corrected chi connectivity index (χ0v) is 12.7. The van der Waals surface area contributed by atoms with Gasteiger partial charge in [-0.1, -0.05) is 13.8 Å². The van der Waals surface area contributed by atoms with Crippen molar-refractivity contribution in [3.63, 3.8) is 0 Å². The highest BCUT2D eigenvalue weighted by Crippen LogP contribution is 2.11. The van der Waals surface area contributed by atoms with Crippen LogP contribution in [0.25, 0.3) is 0 Å². The molecule has 0 aromatic rings. The van der Waals surface area contributed by atoms with Crippen molar-refractivity contribution >= 4 is 12.1 Å². The molecule has 0 radical (unpaired) electrons. The number of carboxylic acids is 1. The van der Waals surface area contributed by atoms with E-state index in [1.54, 1.807) is 0 Å².